The minimum atomic E-state index is -4.64. The predicted octanol–water partition coefficient (Wildman–Crippen LogP) is 14.7. The van der Waals surface area contributed by atoms with Gasteiger partial charge in [-0.15, -0.1) is 0 Å². The van der Waals surface area contributed by atoms with Gasteiger partial charge in [-0.05, 0) is 96.3 Å². The van der Waals surface area contributed by atoms with Gasteiger partial charge in [-0.3, -0.25) is 14.2 Å². The maximum atomic E-state index is 12.7. The summed E-state index contributed by atoms with van der Waals surface area (Å²) in [4.78, 5) is 37.7. The van der Waals surface area contributed by atoms with Gasteiger partial charge >= 0.3 is 11.9 Å². The number of carbonyl (C=O) groups excluding carboxylic acids is 2. The third kappa shape index (κ3) is 50.2. The number of phosphoric ester groups is 1. The average Bonchev–Trinajstić information content (AvgIpc) is 3.26. The van der Waals surface area contributed by atoms with E-state index in [0.29, 0.717) is 23.9 Å². The van der Waals surface area contributed by atoms with Crippen molar-refractivity contribution in [3.8, 4) is 0 Å². The third-order valence-corrected chi connectivity index (χ3v) is 11.3. The first-order valence-electron chi connectivity index (χ1n) is 25.4. The molecule has 0 rings (SSSR count). The maximum Gasteiger partial charge on any atom is 0.306 e. The van der Waals surface area contributed by atoms with E-state index in [1.807, 2.05) is 21.1 Å². The molecule has 0 bridgehead atoms. The highest BCUT2D eigenvalue weighted by atomic mass is 31.2. The number of unbranched alkanes of at least 4 members (excludes halogenated alkanes) is 15. The lowest BCUT2D eigenvalue weighted by Gasteiger charge is -2.28. The van der Waals surface area contributed by atoms with E-state index in [9.17, 15) is 19.0 Å². The second-order valence-electron chi connectivity index (χ2n) is 17.8. The van der Waals surface area contributed by atoms with Gasteiger partial charge < -0.3 is 27.9 Å². The molecule has 2 unspecified atom stereocenters. The third-order valence-electron chi connectivity index (χ3n) is 10.3. The number of nitrogens with zero attached hydrogens (tertiary/aromatic N) is 1. The Balaban J connectivity index is 4.32. The topological polar surface area (TPSA) is 111 Å². The number of ether oxygens (including phenoxy) is 2. The molecule has 372 valence electrons. The summed E-state index contributed by atoms with van der Waals surface area (Å²) < 4.78 is 34.0. The Morgan fingerprint density at radius 1 is 0.492 bits per heavy atom. The number of esters is 2. The Morgan fingerprint density at radius 3 is 1.32 bits per heavy atom. The minimum absolute atomic E-state index is 0.0414. The Morgan fingerprint density at radius 2 is 0.877 bits per heavy atom. The molecule has 0 saturated carbocycles. The van der Waals surface area contributed by atoms with Crippen LogP contribution in [0.3, 0.4) is 0 Å². The van der Waals surface area contributed by atoms with Gasteiger partial charge in [0, 0.05) is 12.8 Å². The summed E-state index contributed by atoms with van der Waals surface area (Å²) in [6.45, 7) is 4.06. The Labute approximate surface area is 398 Å². The zero-order valence-electron chi connectivity index (χ0n) is 41.9. The van der Waals surface area contributed by atoms with E-state index < -0.39 is 32.5 Å². The van der Waals surface area contributed by atoms with Gasteiger partial charge in [0.05, 0.1) is 27.7 Å². The molecule has 9 nitrogen and oxygen atoms in total. The largest absolute Gasteiger partial charge is 0.756 e. The van der Waals surface area contributed by atoms with E-state index in [1.165, 1.54) is 38.5 Å². The van der Waals surface area contributed by atoms with Crippen LogP contribution in [0, 0.1) is 0 Å². The highest BCUT2D eigenvalue weighted by Gasteiger charge is 2.21. The van der Waals surface area contributed by atoms with E-state index >= 15 is 0 Å². The summed E-state index contributed by atoms with van der Waals surface area (Å²) in [5.74, 6) is -0.874. The maximum absolute atomic E-state index is 12.7. The molecule has 0 radical (unpaired) electrons. The van der Waals surface area contributed by atoms with Crippen molar-refractivity contribution >= 4 is 19.8 Å². The van der Waals surface area contributed by atoms with Crippen LogP contribution in [0.25, 0.3) is 0 Å². The Bertz CT molecular complexity index is 1420. The van der Waals surface area contributed by atoms with Crippen LogP contribution in [0.15, 0.2) is 97.2 Å². The summed E-state index contributed by atoms with van der Waals surface area (Å²) in [5, 5.41) is 0. The SMILES string of the molecule is CC/C=C\C/C=C\C/C=C\C/C=C\C/C=C\C/C=C\C/C=C\CCCCCCCC(=O)OC(COC(=O)CCCCCCC/C=C\CCCCCCC)COP(=O)([O-])OCC[N+](C)(C)C. The number of allylic oxidation sites excluding steroid dienone is 16. The Kier molecular flexibility index (Phi) is 43.9. The fourth-order valence-electron chi connectivity index (χ4n) is 6.39. The van der Waals surface area contributed by atoms with Crippen molar-refractivity contribution in [2.75, 3.05) is 47.5 Å². The van der Waals surface area contributed by atoms with Gasteiger partial charge in [0.15, 0.2) is 6.10 Å². The Hall–Kier alpha value is -3.07. The highest BCUT2D eigenvalue weighted by Crippen LogP contribution is 2.38. The first-order valence-corrected chi connectivity index (χ1v) is 26.9. The number of quaternary nitrogens is 1. The summed E-state index contributed by atoms with van der Waals surface area (Å²) in [6, 6.07) is 0. The summed E-state index contributed by atoms with van der Waals surface area (Å²) in [5.41, 5.74) is 0. The van der Waals surface area contributed by atoms with E-state index in [1.54, 1.807) is 0 Å². The molecule has 0 saturated heterocycles. The number of phosphoric acid groups is 1. The molecular weight excluding hydrogens is 834 g/mol. The van der Waals surface area contributed by atoms with Gasteiger partial charge in [0.2, 0.25) is 0 Å². The molecule has 0 amide bonds. The first kappa shape index (κ1) is 61.9. The molecule has 0 aliphatic rings. The van der Waals surface area contributed by atoms with Crippen molar-refractivity contribution in [3.63, 3.8) is 0 Å². The lowest BCUT2D eigenvalue weighted by molar-refractivity contribution is -0.870. The molecule has 0 aliphatic heterocycles. The van der Waals surface area contributed by atoms with Crippen molar-refractivity contribution in [3.05, 3.63) is 97.2 Å². The molecule has 0 heterocycles. The quantitative estimate of drug-likeness (QED) is 0.0195. The molecular formula is C55H94NO8P. The van der Waals surface area contributed by atoms with Crippen molar-refractivity contribution in [2.24, 2.45) is 0 Å². The van der Waals surface area contributed by atoms with E-state index in [2.05, 4.69) is 111 Å². The monoisotopic (exact) mass is 928 g/mol. The second kappa shape index (κ2) is 46.1. The molecule has 0 aromatic rings. The van der Waals surface area contributed by atoms with Crippen molar-refractivity contribution in [1.82, 2.24) is 0 Å². The van der Waals surface area contributed by atoms with E-state index in [0.717, 1.165) is 109 Å². The van der Waals surface area contributed by atoms with Gasteiger partial charge in [0.1, 0.15) is 19.8 Å². The van der Waals surface area contributed by atoms with Crippen LogP contribution < -0.4 is 4.89 Å². The first-order chi connectivity index (χ1) is 31.5. The van der Waals surface area contributed by atoms with Gasteiger partial charge in [-0.1, -0.05) is 175 Å². The van der Waals surface area contributed by atoms with Crippen molar-refractivity contribution in [1.29, 1.82) is 0 Å². The van der Waals surface area contributed by atoms with Gasteiger partial charge in [0.25, 0.3) is 7.82 Å². The molecule has 65 heavy (non-hydrogen) atoms. The van der Waals surface area contributed by atoms with Crippen molar-refractivity contribution < 1.29 is 42.1 Å². The average molecular weight is 928 g/mol. The van der Waals surface area contributed by atoms with Crippen LogP contribution in [0.2, 0.25) is 0 Å². The molecule has 0 aromatic heterocycles. The lowest BCUT2D eigenvalue weighted by atomic mass is 10.1. The van der Waals surface area contributed by atoms with Crippen LogP contribution in [0.4, 0.5) is 0 Å². The molecule has 0 fully saturated rings. The van der Waals surface area contributed by atoms with Crippen molar-refractivity contribution in [2.45, 2.75) is 193 Å². The number of hydrogen-bond acceptors (Lipinski definition) is 8. The van der Waals surface area contributed by atoms with Gasteiger partial charge in [-0.25, -0.2) is 0 Å². The van der Waals surface area contributed by atoms with E-state index in [-0.39, 0.29) is 26.1 Å². The summed E-state index contributed by atoms with van der Waals surface area (Å²) in [6.07, 6.45) is 61.5. The predicted molar refractivity (Wildman–Crippen MR) is 272 cm³/mol. The fourth-order valence-corrected chi connectivity index (χ4v) is 7.12. The standard InChI is InChI=1S/C55H94NO8P/c1-6-8-10-12-14-16-18-20-22-23-24-25-26-27-28-29-30-31-32-33-34-36-38-40-42-44-46-48-55(58)64-53(52-63-65(59,60)62-50-49-56(3,4)5)51-61-54(57)47-45-43-41-39-37-35-21-19-17-15-13-11-9-7-2/h8,10,14,16,19-22,24-25,27-28,30-31,33-34,53H,6-7,9,11-13,15,17-18,23,26,29,32,35-52H2,1-5H3/b10-8-,16-14-,21-19-,22-20-,25-24-,28-27-,31-30-,34-33-. The summed E-state index contributed by atoms with van der Waals surface area (Å²) >= 11 is 0. The van der Waals surface area contributed by atoms with Crippen LogP contribution in [-0.4, -0.2) is 70.0 Å². The zero-order valence-corrected chi connectivity index (χ0v) is 42.8. The second-order valence-corrected chi connectivity index (χ2v) is 19.2. The molecule has 0 aliphatic carbocycles. The molecule has 0 aromatic carbocycles. The van der Waals surface area contributed by atoms with Crippen LogP contribution in [0.5, 0.6) is 0 Å². The molecule has 2 atom stereocenters. The zero-order chi connectivity index (χ0) is 47.8. The number of likely N-dealkylation sites (N-methyl/N-ethyl adjacent to an activating group) is 1. The normalized spacial score (nSPS) is 14.2. The smallest absolute Gasteiger partial charge is 0.306 e. The lowest BCUT2D eigenvalue weighted by Crippen LogP contribution is -2.37. The molecule has 0 spiro atoms. The fraction of sp³-hybridized carbons (Fsp3) is 0.673. The van der Waals surface area contributed by atoms with Crippen LogP contribution >= 0.6 is 7.82 Å². The molecule has 0 N–H and O–H groups in total. The highest BCUT2D eigenvalue weighted by molar-refractivity contribution is 7.45. The van der Waals surface area contributed by atoms with Gasteiger partial charge in [-0.2, -0.15) is 0 Å². The van der Waals surface area contributed by atoms with Crippen LogP contribution in [0.1, 0.15) is 187 Å². The number of hydrogen-bond donors (Lipinski definition) is 0. The number of rotatable bonds is 45. The molecule has 10 heteroatoms. The van der Waals surface area contributed by atoms with E-state index in [4.69, 9.17) is 18.5 Å². The van der Waals surface area contributed by atoms with Crippen LogP contribution in [-0.2, 0) is 32.7 Å². The number of carbonyl (C=O) groups is 2. The minimum Gasteiger partial charge on any atom is -0.756 e. The summed E-state index contributed by atoms with van der Waals surface area (Å²) in [7, 11) is 1.13.